The Balaban J connectivity index is 2.35. The number of pyridine rings is 1. The van der Waals surface area contributed by atoms with Crippen molar-refractivity contribution in [3.05, 3.63) is 55.3 Å². The molecule has 0 aliphatic carbocycles. The highest BCUT2D eigenvalue weighted by Gasteiger charge is 2.31. The van der Waals surface area contributed by atoms with Crippen LogP contribution in [0.3, 0.4) is 0 Å². The van der Waals surface area contributed by atoms with Gasteiger partial charge in [0.15, 0.2) is 0 Å². The van der Waals surface area contributed by atoms with E-state index in [0.29, 0.717) is 5.69 Å². The van der Waals surface area contributed by atoms with Gasteiger partial charge < -0.3 is 5.73 Å². The summed E-state index contributed by atoms with van der Waals surface area (Å²) in [5.74, 6) is -1.22. The molecule has 0 radical (unpaired) electrons. The summed E-state index contributed by atoms with van der Waals surface area (Å²) in [7, 11) is 0. The fourth-order valence-corrected chi connectivity index (χ4v) is 2.83. The number of carbonyl (C=O) groups is 2. The molecular weight excluding hydrogens is 350 g/mol. The Morgan fingerprint density at radius 3 is 2.23 bits per heavy atom. The number of nitrogens with zero attached hydrogens (tertiary/aromatic N) is 1. The lowest BCUT2D eigenvalue weighted by Crippen LogP contribution is -2.24. The number of nitrogens with two attached hydrogens (primary N) is 1. The molecule has 22 heavy (non-hydrogen) atoms. The zero-order valence-electron chi connectivity index (χ0n) is 11.9. The molecule has 1 aromatic heterocycles. The van der Waals surface area contributed by atoms with E-state index >= 15 is 0 Å². The predicted octanol–water partition coefficient (Wildman–Crippen LogP) is 1.68. The number of nitrogen functional groups attached to an aromatic ring is 1. The Bertz CT molecular complexity index is 892. The van der Waals surface area contributed by atoms with E-state index in [-0.39, 0.29) is 16.9 Å². The molecule has 0 saturated carbocycles. The Morgan fingerprint density at radius 2 is 1.64 bits per heavy atom. The van der Waals surface area contributed by atoms with E-state index in [1.807, 2.05) is 13.8 Å². The SMILES string of the molecule is Cc1cc(-n2c(N)c3c(cc2=O)C(=O)NC3=O)cc(C)c1Br. The quantitative estimate of drug-likeness (QED) is 0.755. The Morgan fingerprint density at radius 1 is 1.05 bits per heavy atom. The van der Waals surface area contributed by atoms with Crippen LogP contribution in [0.2, 0.25) is 0 Å². The van der Waals surface area contributed by atoms with Crippen LogP contribution in [-0.2, 0) is 0 Å². The Hall–Kier alpha value is -2.41. The molecule has 2 heterocycles. The molecule has 2 amide bonds. The number of imide groups is 1. The monoisotopic (exact) mass is 361 g/mol. The van der Waals surface area contributed by atoms with Gasteiger partial charge in [-0.15, -0.1) is 0 Å². The molecule has 3 N–H and O–H groups in total. The third-order valence-corrected chi connectivity index (χ3v) is 4.88. The molecule has 0 spiro atoms. The lowest BCUT2D eigenvalue weighted by Gasteiger charge is -2.14. The molecule has 0 saturated heterocycles. The van der Waals surface area contributed by atoms with Crippen LogP contribution in [0.15, 0.2) is 27.5 Å². The van der Waals surface area contributed by atoms with E-state index in [1.54, 1.807) is 12.1 Å². The van der Waals surface area contributed by atoms with Crippen LogP contribution in [0.25, 0.3) is 5.69 Å². The molecule has 7 heteroatoms. The van der Waals surface area contributed by atoms with Crippen LogP contribution in [-0.4, -0.2) is 16.4 Å². The number of carbonyl (C=O) groups excluding carboxylic acids is 2. The van der Waals surface area contributed by atoms with E-state index in [9.17, 15) is 14.4 Å². The first-order chi connectivity index (χ1) is 10.3. The zero-order valence-corrected chi connectivity index (χ0v) is 13.4. The Kier molecular flexibility index (Phi) is 3.17. The summed E-state index contributed by atoms with van der Waals surface area (Å²) < 4.78 is 2.18. The summed E-state index contributed by atoms with van der Waals surface area (Å²) in [4.78, 5) is 35.8. The van der Waals surface area contributed by atoms with Gasteiger partial charge in [-0.1, -0.05) is 15.9 Å². The number of fused-ring (bicyclic) bond motifs is 1. The topological polar surface area (TPSA) is 94.2 Å². The highest BCUT2D eigenvalue weighted by atomic mass is 79.9. The predicted molar refractivity (Wildman–Crippen MR) is 85.4 cm³/mol. The lowest BCUT2D eigenvalue weighted by atomic mass is 10.1. The molecular formula is C15H12BrN3O3. The lowest BCUT2D eigenvalue weighted by molar-refractivity contribution is 0.0880. The van der Waals surface area contributed by atoms with E-state index in [4.69, 9.17) is 5.73 Å². The van der Waals surface area contributed by atoms with Gasteiger partial charge in [0.25, 0.3) is 17.4 Å². The molecule has 3 rings (SSSR count). The van der Waals surface area contributed by atoms with Gasteiger partial charge in [0, 0.05) is 10.5 Å². The minimum Gasteiger partial charge on any atom is -0.384 e. The third kappa shape index (κ3) is 1.97. The first kappa shape index (κ1) is 14.5. The number of anilines is 1. The second kappa shape index (κ2) is 4.81. The highest BCUT2D eigenvalue weighted by Crippen LogP contribution is 2.27. The van der Waals surface area contributed by atoms with Crippen molar-refractivity contribution in [2.45, 2.75) is 13.8 Å². The molecule has 1 aliphatic rings. The second-order valence-electron chi connectivity index (χ2n) is 5.17. The number of aryl methyl sites for hydroxylation is 2. The van der Waals surface area contributed by atoms with Crippen LogP contribution < -0.4 is 16.6 Å². The second-order valence-corrected chi connectivity index (χ2v) is 5.96. The van der Waals surface area contributed by atoms with Gasteiger partial charge in [0.2, 0.25) is 0 Å². The number of hydrogen-bond acceptors (Lipinski definition) is 4. The highest BCUT2D eigenvalue weighted by molar-refractivity contribution is 9.10. The molecule has 6 nitrogen and oxygen atoms in total. The maximum absolute atomic E-state index is 12.3. The van der Waals surface area contributed by atoms with E-state index < -0.39 is 17.4 Å². The summed E-state index contributed by atoms with van der Waals surface area (Å²) in [6.45, 7) is 3.79. The van der Waals surface area contributed by atoms with Crippen molar-refractivity contribution in [3.8, 4) is 5.69 Å². The molecule has 0 unspecified atom stereocenters. The van der Waals surface area contributed by atoms with Crippen LogP contribution >= 0.6 is 15.9 Å². The van der Waals surface area contributed by atoms with E-state index in [0.717, 1.165) is 21.7 Å². The number of benzene rings is 1. The number of halogens is 1. The van der Waals surface area contributed by atoms with Crippen molar-refractivity contribution in [1.29, 1.82) is 0 Å². The maximum atomic E-state index is 12.3. The molecule has 0 bridgehead atoms. The molecule has 1 aliphatic heterocycles. The standard InChI is InChI=1S/C15H12BrN3O3/c1-6-3-8(4-7(2)12(6)16)19-10(20)5-9-11(13(19)17)15(22)18-14(9)21/h3-5H,17H2,1-2H3,(H,18,21,22). The van der Waals surface area contributed by atoms with Gasteiger partial charge in [-0.3, -0.25) is 24.3 Å². The van der Waals surface area contributed by atoms with Crippen LogP contribution in [0.4, 0.5) is 5.82 Å². The van der Waals surface area contributed by atoms with Crippen molar-refractivity contribution >= 4 is 33.6 Å². The summed E-state index contributed by atoms with van der Waals surface area (Å²) in [6.07, 6.45) is 0. The smallest absolute Gasteiger partial charge is 0.262 e. The molecule has 112 valence electrons. The van der Waals surface area contributed by atoms with Gasteiger partial charge in [0.05, 0.1) is 16.8 Å². The normalized spacial score (nSPS) is 13.2. The largest absolute Gasteiger partial charge is 0.384 e. The van der Waals surface area contributed by atoms with Gasteiger partial charge in [-0.25, -0.2) is 0 Å². The zero-order chi connectivity index (χ0) is 16.2. The van der Waals surface area contributed by atoms with Crippen LogP contribution in [0.5, 0.6) is 0 Å². The van der Waals surface area contributed by atoms with Gasteiger partial charge >= 0.3 is 0 Å². The third-order valence-electron chi connectivity index (χ3n) is 3.63. The van der Waals surface area contributed by atoms with Crippen molar-refractivity contribution in [2.75, 3.05) is 5.73 Å². The number of amides is 2. The molecule has 0 fully saturated rings. The van der Waals surface area contributed by atoms with Gasteiger partial charge in [0.1, 0.15) is 5.82 Å². The molecule has 0 atom stereocenters. The van der Waals surface area contributed by atoms with E-state index in [1.165, 1.54) is 4.57 Å². The number of aromatic nitrogens is 1. The minimum absolute atomic E-state index is 0.0225. The number of hydrogen-bond donors (Lipinski definition) is 2. The summed E-state index contributed by atoms with van der Waals surface area (Å²) in [5, 5.41) is 2.14. The van der Waals surface area contributed by atoms with Crippen molar-refractivity contribution in [3.63, 3.8) is 0 Å². The molecule has 2 aromatic rings. The number of nitrogens with one attached hydrogen (secondary N) is 1. The van der Waals surface area contributed by atoms with Crippen molar-refractivity contribution in [2.24, 2.45) is 0 Å². The van der Waals surface area contributed by atoms with Gasteiger partial charge in [-0.05, 0) is 37.1 Å². The van der Waals surface area contributed by atoms with Crippen LogP contribution in [0, 0.1) is 13.8 Å². The summed E-state index contributed by atoms with van der Waals surface area (Å²) in [6, 6.07) is 4.71. The minimum atomic E-state index is -0.598. The first-order valence-electron chi connectivity index (χ1n) is 6.49. The average molecular weight is 362 g/mol. The summed E-state index contributed by atoms with van der Waals surface area (Å²) >= 11 is 3.46. The summed E-state index contributed by atoms with van der Waals surface area (Å²) in [5.41, 5.74) is 8.02. The first-order valence-corrected chi connectivity index (χ1v) is 7.29. The van der Waals surface area contributed by atoms with Crippen LogP contribution in [0.1, 0.15) is 31.8 Å². The van der Waals surface area contributed by atoms with Crippen molar-refractivity contribution < 1.29 is 9.59 Å². The molecule has 1 aromatic carbocycles. The fourth-order valence-electron chi connectivity index (χ4n) is 2.60. The van der Waals surface area contributed by atoms with Crippen molar-refractivity contribution in [1.82, 2.24) is 9.88 Å². The maximum Gasteiger partial charge on any atom is 0.262 e. The Labute approximate surface area is 134 Å². The fraction of sp³-hybridized carbons (Fsp3) is 0.133. The van der Waals surface area contributed by atoms with E-state index in [2.05, 4.69) is 21.2 Å². The average Bonchev–Trinajstić information content (AvgIpc) is 2.71. The van der Waals surface area contributed by atoms with Gasteiger partial charge in [-0.2, -0.15) is 0 Å². The number of rotatable bonds is 1.